The van der Waals surface area contributed by atoms with Crippen molar-refractivity contribution < 1.29 is 14.6 Å². The molecule has 7 heteroatoms. The number of hydrogen-bond donors (Lipinski definition) is 1. The number of amides is 1. The number of piperidine rings is 1. The molecule has 1 aliphatic heterocycles. The zero-order valence-corrected chi connectivity index (χ0v) is 11.7. The molecule has 0 bridgehead atoms. The molecule has 2 atom stereocenters. The minimum absolute atomic E-state index is 0.0273. The van der Waals surface area contributed by atoms with Crippen LogP contribution >= 0.6 is 0 Å². The molecule has 1 fully saturated rings. The van der Waals surface area contributed by atoms with Gasteiger partial charge in [0, 0.05) is 11.5 Å². The molecule has 1 N–H and O–H groups in total. The van der Waals surface area contributed by atoms with Gasteiger partial charge in [-0.05, 0) is 45.6 Å². The molecule has 7 nitrogen and oxygen atoms in total. The second-order valence-electron chi connectivity index (χ2n) is 5.72. The minimum Gasteiger partial charge on any atom is -0.444 e. The Hall–Kier alpha value is -1.46. The van der Waals surface area contributed by atoms with E-state index < -0.39 is 17.8 Å². The van der Waals surface area contributed by atoms with Crippen molar-refractivity contribution in [1.82, 2.24) is 4.90 Å². The Kier molecular flexibility index (Phi) is 5.44. The number of carbonyl (C=O) groups is 1. The maximum absolute atomic E-state index is 12.1. The van der Waals surface area contributed by atoms with Crippen molar-refractivity contribution in [2.45, 2.75) is 57.8 Å². The van der Waals surface area contributed by atoms with Crippen LogP contribution in [-0.2, 0) is 4.74 Å². The Morgan fingerprint density at radius 2 is 2.26 bits per heavy atom. The van der Waals surface area contributed by atoms with Crippen molar-refractivity contribution >= 4 is 6.09 Å². The number of rotatable bonds is 3. The summed E-state index contributed by atoms with van der Waals surface area (Å²) in [6, 6.07) is -0.339. The van der Waals surface area contributed by atoms with E-state index in [1.807, 2.05) is 0 Å². The number of likely N-dealkylation sites (tertiary alicyclic amines) is 1. The van der Waals surface area contributed by atoms with E-state index in [0.29, 0.717) is 13.0 Å². The number of hydrogen-bond acceptors (Lipinski definition) is 4. The second kappa shape index (κ2) is 6.63. The molecular weight excluding hydrogens is 248 g/mol. The summed E-state index contributed by atoms with van der Waals surface area (Å²) in [7, 11) is 0. The fourth-order valence-corrected chi connectivity index (χ4v) is 2.15. The van der Waals surface area contributed by atoms with Gasteiger partial charge in [-0.3, -0.25) is 0 Å². The van der Waals surface area contributed by atoms with Crippen LogP contribution in [0.3, 0.4) is 0 Å². The highest BCUT2D eigenvalue weighted by Gasteiger charge is 2.34. The first-order valence-corrected chi connectivity index (χ1v) is 6.53. The zero-order valence-electron chi connectivity index (χ0n) is 11.7. The molecule has 1 heterocycles. The van der Waals surface area contributed by atoms with Crippen molar-refractivity contribution in [3.8, 4) is 0 Å². The van der Waals surface area contributed by atoms with Gasteiger partial charge in [-0.2, -0.15) is 0 Å². The van der Waals surface area contributed by atoms with Gasteiger partial charge in [-0.15, -0.1) is 0 Å². The van der Waals surface area contributed by atoms with Gasteiger partial charge in [0.25, 0.3) is 0 Å². The first-order chi connectivity index (χ1) is 8.85. The third-order valence-electron chi connectivity index (χ3n) is 2.95. The molecule has 19 heavy (non-hydrogen) atoms. The SMILES string of the molecule is CC(C)(C)OC(=O)N1CCCC[C@@H]1[C@@H](O)CN=[N+]=[N-]. The zero-order chi connectivity index (χ0) is 14.5. The van der Waals surface area contributed by atoms with Crippen molar-refractivity contribution in [2.75, 3.05) is 13.1 Å². The molecule has 0 spiro atoms. The number of azide groups is 1. The average Bonchev–Trinajstić information content (AvgIpc) is 2.34. The van der Waals surface area contributed by atoms with E-state index in [2.05, 4.69) is 10.0 Å². The number of aliphatic hydroxyl groups is 1. The van der Waals surface area contributed by atoms with Crippen LogP contribution < -0.4 is 0 Å². The van der Waals surface area contributed by atoms with Gasteiger partial charge in [0.05, 0.1) is 18.7 Å². The molecule has 0 radical (unpaired) electrons. The summed E-state index contributed by atoms with van der Waals surface area (Å²) in [5.41, 5.74) is 7.72. The predicted octanol–water partition coefficient (Wildman–Crippen LogP) is 2.45. The Labute approximate surface area is 113 Å². The van der Waals surface area contributed by atoms with Crippen LogP contribution in [0.25, 0.3) is 10.4 Å². The summed E-state index contributed by atoms with van der Waals surface area (Å²) >= 11 is 0. The van der Waals surface area contributed by atoms with E-state index in [4.69, 9.17) is 10.3 Å². The summed E-state index contributed by atoms with van der Waals surface area (Å²) < 4.78 is 5.33. The average molecular weight is 270 g/mol. The van der Waals surface area contributed by atoms with E-state index in [0.717, 1.165) is 12.8 Å². The van der Waals surface area contributed by atoms with Crippen LogP contribution in [0.1, 0.15) is 40.0 Å². The molecule has 0 aromatic carbocycles. The topological polar surface area (TPSA) is 98.5 Å². The van der Waals surface area contributed by atoms with Gasteiger partial charge < -0.3 is 14.7 Å². The fraction of sp³-hybridized carbons (Fsp3) is 0.917. The number of aliphatic hydroxyl groups excluding tert-OH is 1. The van der Waals surface area contributed by atoms with Gasteiger partial charge in [-0.1, -0.05) is 5.11 Å². The van der Waals surface area contributed by atoms with Gasteiger partial charge in [0.15, 0.2) is 0 Å². The summed E-state index contributed by atoms with van der Waals surface area (Å²) in [6.45, 7) is 5.95. The van der Waals surface area contributed by atoms with Gasteiger partial charge in [0.1, 0.15) is 5.60 Å². The smallest absolute Gasteiger partial charge is 0.410 e. The van der Waals surface area contributed by atoms with E-state index in [1.54, 1.807) is 25.7 Å². The highest BCUT2D eigenvalue weighted by Crippen LogP contribution is 2.22. The van der Waals surface area contributed by atoms with Crippen LogP contribution in [0.2, 0.25) is 0 Å². The molecule has 0 saturated carbocycles. The summed E-state index contributed by atoms with van der Waals surface area (Å²) in [5.74, 6) is 0. The first kappa shape index (κ1) is 15.6. The van der Waals surface area contributed by atoms with Crippen LogP contribution in [0.4, 0.5) is 4.79 Å². The Balaban J connectivity index is 2.71. The lowest BCUT2D eigenvalue weighted by Gasteiger charge is -2.38. The quantitative estimate of drug-likeness (QED) is 0.484. The Morgan fingerprint density at radius 1 is 1.58 bits per heavy atom. The maximum Gasteiger partial charge on any atom is 0.410 e. The van der Waals surface area contributed by atoms with Crippen LogP contribution in [0.5, 0.6) is 0 Å². The molecule has 1 amide bonds. The van der Waals surface area contributed by atoms with Crippen LogP contribution in [-0.4, -0.2) is 46.9 Å². The van der Waals surface area contributed by atoms with E-state index in [9.17, 15) is 9.90 Å². The third kappa shape index (κ3) is 4.96. The Morgan fingerprint density at radius 3 is 2.84 bits per heavy atom. The number of ether oxygens (including phenoxy) is 1. The molecule has 0 aliphatic carbocycles. The maximum atomic E-state index is 12.1. The van der Waals surface area contributed by atoms with Crippen molar-refractivity contribution in [3.63, 3.8) is 0 Å². The lowest BCUT2D eigenvalue weighted by atomic mass is 9.98. The molecule has 0 aromatic heterocycles. The lowest BCUT2D eigenvalue weighted by molar-refractivity contribution is -0.0142. The summed E-state index contributed by atoms with van der Waals surface area (Å²) in [6.07, 6.45) is 1.27. The molecule has 0 unspecified atom stereocenters. The lowest BCUT2D eigenvalue weighted by Crippen LogP contribution is -2.52. The van der Waals surface area contributed by atoms with E-state index >= 15 is 0 Å². The molecular formula is C12H22N4O3. The van der Waals surface area contributed by atoms with Crippen molar-refractivity contribution in [1.29, 1.82) is 0 Å². The molecule has 1 saturated heterocycles. The monoisotopic (exact) mass is 270 g/mol. The van der Waals surface area contributed by atoms with E-state index in [-0.39, 0.29) is 12.6 Å². The molecule has 108 valence electrons. The standard InChI is InChI=1S/C12H22N4O3/c1-12(2,3)19-11(18)16-7-5-4-6-9(16)10(17)8-14-15-13/h9-10,17H,4-8H2,1-3H3/t9-,10+/m1/s1. The third-order valence-corrected chi connectivity index (χ3v) is 2.95. The number of carbonyl (C=O) groups excluding carboxylic acids is 1. The largest absolute Gasteiger partial charge is 0.444 e. The minimum atomic E-state index is -0.844. The van der Waals surface area contributed by atoms with Gasteiger partial charge >= 0.3 is 6.09 Å². The van der Waals surface area contributed by atoms with Gasteiger partial charge in [0.2, 0.25) is 0 Å². The van der Waals surface area contributed by atoms with E-state index in [1.165, 1.54) is 0 Å². The molecule has 1 rings (SSSR count). The first-order valence-electron chi connectivity index (χ1n) is 6.53. The molecule has 1 aliphatic rings. The Bertz CT molecular complexity index is 360. The highest BCUT2D eigenvalue weighted by molar-refractivity contribution is 5.68. The fourth-order valence-electron chi connectivity index (χ4n) is 2.15. The normalized spacial score (nSPS) is 21.5. The van der Waals surface area contributed by atoms with Crippen molar-refractivity contribution in [3.05, 3.63) is 10.4 Å². The second-order valence-corrected chi connectivity index (χ2v) is 5.72. The highest BCUT2D eigenvalue weighted by atomic mass is 16.6. The van der Waals surface area contributed by atoms with Crippen LogP contribution in [0, 0.1) is 0 Å². The molecule has 0 aromatic rings. The summed E-state index contributed by atoms with van der Waals surface area (Å²) in [5, 5.41) is 13.4. The van der Waals surface area contributed by atoms with Crippen LogP contribution in [0.15, 0.2) is 5.11 Å². The van der Waals surface area contributed by atoms with Crippen molar-refractivity contribution in [2.24, 2.45) is 5.11 Å². The predicted molar refractivity (Wildman–Crippen MR) is 70.6 cm³/mol. The van der Waals surface area contributed by atoms with Gasteiger partial charge in [-0.25, -0.2) is 4.79 Å². The summed E-state index contributed by atoms with van der Waals surface area (Å²) in [4.78, 5) is 16.3. The number of nitrogens with zero attached hydrogens (tertiary/aromatic N) is 4.